The van der Waals surface area contributed by atoms with Gasteiger partial charge >= 0.3 is 11.8 Å². The Labute approximate surface area is 278 Å². The lowest BCUT2D eigenvalue weighted by atomic mass is 10.0. The van der Waals surface area contributed by atoms with Crippen LogP contribution >= 0.6 is 0 Å². The Morgan fingerprint density at radius 1 is 0.796 bits per heavy atom. The van der Waals surface area contributed by atoms with Crippen molar-refractivity contribution < 1.29 is 32.0 Å². The molecule has 9 N–H and O–H groups in total. The van der Waals surface area contributed by atoms with Crippen molar-refractivity contribution >= 4 is 40.3 Å². The van der Waals surface area contributed by atoms with E-state index < -0.39 is 58.8 Å². The molecule has 3 atom stereocenters. The first-order chi connectivity index (χ1) is 23.3. The Bertz CT molecular complexity index is 1850. The van der Waals surface area contributed by atoms with Gasteiger partial charge in [0.2, 0.25) is 17.7 Å². The molecule has 15 heteroatoms. The van der Waals surface area contributed by atoms with Gasteiger partial charge in [0.1, 0.15) is 17.7 Å². The Kier molecular flexibility index (Phi) is 12.1. The van der Waals surface area contributed by atoms with Gasteiger partial charge < -0.3 is 37.6 Å². The highest BCUT2D eigenvalue weighted by Gasteiger charge is 2.34. The quantitative estimate of drug-likeness (QED) is 0.0504. The van der Waals surface area contributed by atoms with E-state index in [0.717, 1.165) is 23.3 Å². The molecule has 0 radical (unpaired) electrons. The van der Waals surface area contributed by atoms with Crippen molar-refractivity contribution in [3.63, 3.8) is 0 Å². The first-order valence-corrected chi connectivity index (χ1v) is 15.3. The predicted octanol–water partition coefficient (Wildman–Crippen LogP) is 2.59. The number of benzene rings is 3. The number of hydrogen-bond donors (Lipinski definition) is 6. The summed E-state index contributed by atoms with van der Waals surface area (Å²) in [5, 5.41) is 7.56. The number of fused-ring (bicyclic) bond motifs is 1. The van der Waals surface area contributed by atoms with Crippen LogP contribution in [-0.2, 0) is 33.4 Å². The van der Waals surface area contributed by atoms with Crippen LogP contribution in [-0.4, -0.2) is 48.4 Å². The first kappa shape index (κ1) is 36.1. The summed E-state index contributed by atoms with van der Waals surface area (Å²) in [4.78, 5) is 56.2. The number of amides is 3. The molecule has 3 unspecified atom stereocenters. The van der Waals surface area contributed by atoms with E-state index in [2.05, 4.69) is 20.9 Å². The molecule has 0 spiro atoms. The summed E-state index contributed by atoms with van der Waals surface area (Å²) >= 11 is 0. The van der Waals surface area contributed by atoms with E-state index in [1.54, 1.807) is 30.3 Å². The lowest BCUT2D eigenvalue weighted by Crippen LogP contribution is -2.56. The minimum absolute atomic E-state index is 0.00414. The number of aliphatic imine (C=N–C) groups is 1. The summed E-state index contributed by atoms with van der Waals surface area (Å²) in [6.07, 6.45) is -4.24. The molecular formula is C34H36F3N7O5. The molecule has 3 amide bonds. The zero-order chi connectivity index (χ0) is 35.6. The van der Waals surface area contributed by atoms with Crippen molar-refractivity contribution in [3.8, 4) is 0 Å². The number of anilines is 1. The maximum absolute atomic E-state index is 13.7. The monoisotopic (exact) mass is 679 g/mol. The molecule has 3 aromatic carbocycles. The zero-order valence-electron chi connectivity index (χ0n) is 26.2. The second kappa shape index (κ2) is 16.4. The van der Waals surface area contributed by atoms with Gasteiger partial charge in [-0.3, -0.25) is 19.4 Å². The Morgan fingerprint density at radius 2 is 1.41 bits per heavy atom. The van der Waals surface area contributed by atoms with Crippen LogP contribution in [0.4, 0.5) is 18.9 Å². The summed E-state index contributed by atoms with van der Waals surface area (Å²) in [5.41, 5.74) is 15.7. The topological polar surface area (TPSA) is 208 Å². The highest BCUT2D eigenvalue weighted by molar-refractivity contribution is 6.00. The molecule has 0 aliphatic rings. The van der Waals surface area contributed by atoms with E-state index in [9.17, 15) is 32.3 Å². The highest BCUT2D eigenvalue weighted by Crippen LogP contribution is 2.34. The summed E-state index contributed by atoms with van der Waals surface area (Å²) < 4.78 is 45.5. The predicted molar refractivity (Wildman–Crippen MR) is 178 cm³/mol. The number of hydrogen-bond acceptors (Lipinski definition) is 7. The van der Waals surface area contributed by atoms with Crippen LogP contribution in [0, 0.1) is 0 Å². The lowest BCUT2D eigenvalue weighted by Gasteiger charge is -2.24. The molecule has 1 aromatic heterocycles. The third-order valence-electron chi connectivity index (χ3n) is 7.45. The van der Waals surface area contributed by atoms with E-state index in [1.165, 1.54) is 6.07 Å². The van der Waals surface area contributed by atoms with Crippen molar-refractivity contribution in [2.24, 2.45) is 22.2 Å². The van der Waals surface area contributed by atoms with Crippen molar-refractivity contribution in [3.05, 3.63) is 112 Å². The van der Waals surface area contributed by atoms with Gasteiger partial charge in [0.15, 0.2) is 5.96 Å². The Hall–Kier alpha value is -5.70. The average Bonchev–Trinajstić information content (AvgIpc) is 3.05. The van der Waals surface area contributed by atoms with Crippen LogP contribution in [0.2, 0.25) is 0 Å². The van der Waals surface area contributed by atoms with Crippen molar-refractivity contribution in [2.75, 3.05) is 11.9 Å². The van der Waals surface area contributed by atoms with Gasteiger partial charge in [-0.25, -0.2) is 4.79 Å². The number of nitrogens with two attached hydrogens (primary N) is 3. The van der Waals surface area contributed by atoms with Gasteiger partial charge in [-0.1, -0.05) is 60.7 Å². The maximum atomic E-state index is 13.7. The maximum Gasteiger partial charge on any atom is 0.417 e. The number of alkyl halides is 3. The van der Waals surface area contributed by atoms with Gasteiger partial charge in [0, 0.05) is 36.2 Å². The van der Waals surface area contributed by atoms with Gasteiger partial charge in [-0.15, -0.1) is 0 Å². The van der Waals surface area contributed by atoms with Crippen molar-refractivity contribution in [2.45, 2.75) is 50.0 Å². The van der Waals surface area contributed by atoms with Gasteiger partial charge in [-0.05, 0) is 42.5 Å². The largest absolute Gasteiger partial charge is 0.423 e. The molecule has 0 aliphatic heterocycles. The van der Waals surface area contributed by atoms with E-state index in [0.29, 0.717) is 6.07 Å². The van der Waals surface area contributed by atoms with Crippen molar-refractivity contribution in [1.29, 1.82) is 0 Å². The number of carbonyl (C=O) groups is 3. The van der Waals surface area contributed by atoms with Crippen LogP contribution in [0.1, 0.15) is 29.5 Å². The van der Waals surface area contributed by atoms with E-state index in [4.69, 9.17) is 21.6 Å². The number of guanidine groups is 1. The molecule has 49 heavy (non-hydrogen) atoms. The molecule has 0 saturated heterocycles. The van der Waals surface area contributed by atoms with Crippen LogP contribution in [0.15, 0.2) is 99.1 Å². The summed E-state index contributed by atoms with van der Waals surface area (Å²) in [5.74, 6) is -2.18. The first-order valence-electron chi connectivity index (χ1n) is 15.3. The van der Waals surface area contributed by atoms with E-state index in [-0.39, 0.29) is 49.3 Å². The molecule has 258 valence electrons. The fraction of sp³-hybridized carbons (Fsp3) is 0.265. The number of nitrogens with one attached hydrogen (secondary N) is 3. The number of nitrogens with zero attached hydrogens (tertiary/aromatic N) is 1. The Morgan fingerprint density at radius 3 is 2.02 bits per heavy atom. The number of rotatable bonds is 14. The molecule has 0 fully saturated rings. The molecule has 4 aromatic rings. The molecule has 4 rings (SSSR count). The van der Waals surface area contributed by atoms with Crippen molar-refractivity contribution in [1.82, 2.24) is 10.6 Å². The molecular weight excluding hydrogens is 643 g/mol. The van der Waals surface area contributed by atoms with Gasteiger partial charge in [0.25, 0.3) is 0 Å². The molecule has 12 nitrogen and oxygen atoms in total. The second-order valence-corrected chi connectivity index (χ2v) is 11.2. The van der Waals surface area contributed by atoms with Crippen LogP contribution < -0.4 is 38.8 Å². The van der Waals surface area contributed by atoms with E-state index >= 15 is 0 Å². The minimum Gasteiger partial charge on any atom is -0.423 e. The lowest BCUT2D eigenvalue weighted by molar-refractivity contribution is -0.136. The molecule has 1 heterocycles. The summed E-state index contributed by atoms with van der Waals surface area (Å²) in [6.45, 7) is 0.127. The standard InChI is InChI=1S/C34H36F3N7O5/c35-34(36,37)24-19-29(45)49-28-18-22(13-14-23(24)28)42-31(47)26(12-7-15-41-33(39)40)43-32(48)27(17-21-10-5-2-6-11-21)44-30(46)25(38)16-20-8-3-1-4-9-20/h1-6,8-11,13-14,18-19,25-27H,7,12,15-17,38H2,(H,42,47)(H,43,48)(H,44,46)(H4,39,40,41). The van der Waals surface area contributed by atoms with E-state index in [1.807, 2.05) is 30.3 Å². The zero-order valence-corrected chi connectivity index (χ0v) is 26.2. The normalized spacial score (nSPS) is 13.1. The van der Waals surface area contributed by atoms with Gasteiger partial charge in [-0.2, -0.15) is 13.2 Å². The number of carbonyl (C=O) groups excluding carboxylic acids is 3. The number of halogens is 3. The molecule has 0 bridgehead atoms. The fourth-order valence-electron chi connectivity index (χ4n) is 5.05. The molecule has 0 saturated carbocycles. The average molecular weight is 680 g/mol. The SMILES string of the molecule is NC(N)=NCCCC(NC(=O)C(Cc1ccccc1)NC(=O)C(N)Cc1ccccc1)C(=O)Nc1ccc2c(C(F)(F)F)cc(=O)oc2c1. The fourth-order valence-corrected chi connectivity index (χ4v) is 5.05. The smallest absolute Gasteiger partial charge is 0.417 e. The third-order valence-corrected chi connectivity index (χ3v) is 7.45. The Balaban J connectivity index is 1.56. The second-order valence-electron chi connectivity index (χ2n) is 11.2. The highest BCUT2D eigenvalue weighted by atomic mass is 19.4. The minimum atomic E-state index is -4.82. The molecule has 0 aliphatic carbocycles. The van der Waals surface area contributed by atoms with Gasteiger partial charge in [0.05, 0.1) is 11.6 Å². The van der Waals surface area contributed by atoms with Crippen LogP contribution in [0.3, 0.4) is 0 Å². The van der Waals surface area contributed by atoms with Crippen LogP contribution in [0.25, 0.3) is 11.0 Å². The summed E-state index contributed by atoms with van der Waals surface area (Å²) in [7, 11) is 0. The summed E-state index contributed by atoms with van der Waals surface area (Å²) in [6, 6.07) is 18.4. The third kappa shape index (κ3) is 10.7. The van der Waals surface area contributed by atoms with Crippen LogP contribution in [0.5, 0.6) is 0 Å².